The molecule has 0 spiro atoms. The Labute approximate surface area is 118 Å². The largest absolute Gasteiger partial charge is 0.489 e. The van der Waals surface area contributed by atoms with Crippen molar-refractivity contribution in [1.29, 1.82) is 0 Å². The van der Waals surface area contributed by atoms with Crippen LogP contribution in [-0.2, 0) is 13.0 Å². The van der Waals surface area contributed by atoms with Crippen molar-refractivity contribution in [2.24, 2.45) is 5.73 Å². The minimum absolute atomic E-state index is 0.586. The van der Waals surface area contributed by atoms with Gasteiger partial charge in [0.25, 0.3) is 0 Å². The van der Waals surface area contributed by atoms with E-state index in [4.69, 9.17) is 10.5 Å². The lowest BCUT2D eigenvalue weighted by atomic mass is 10.1. The minimum Gasteiger partial charge on any atom is -0.489 e. The predicted molar refractivity (Wildman–Crippen MR) is 81.8 cm³/mol. The highest BCUT2D eigenvalue weighted by Gasteiger charge is 2.04. The maximum absolute atomic E-state index is 5.82. The molecular weight excluding hydrogens is 248 g/mol. The van der Waals surface area contributed by atoms with Gasteiger partial charge in [-0.25, -0.2) is 0 Å². The summed E-state index contributed by atoms with van der Waals surface area (Å²) in [5.74, 6) is 0.877. The zero-order chi connectivity index (χ0) is 13.8. The molecule has 1 aromatic heterocycles. The summed E-state index contributed by atoms with van der Waals surface area (Å²) in [5, 5.41) is 1.22. The lowest BCUT2D eigenvalue weighted by Gasteiger charge is -2.06. The van der Waals surface area contributed by atoms with Gasteiger partial charge in [-0.1, -0.05) is 30.3 Å². The molecule has 0 unspecified atom stereocenters. The standard InChI is InChI=1S/C17H18N2O/c18-9-8-14-11-19-17-10-15(6-7-16(14)17)20-12-13-4-2-1-3-5-13/h1-7,10-11,19H,8-9,12,18H2. The Morgan fingerprint density at radius 3 is 2.70 bits per heavy atom. The molecule has 0 aliphatic rings. The van der Waals surface area contributed by atoms with Crippen molar-refractivity contribution in [2.45, 2.75) is 13.0 Å². The van der Waals surface area contributed by atoms with E-state index in [1.807, 2.05) is 36.5 Å². The van der Waals surface area contributed by atoms with Crippen molar-refractivity contribution in [3.05, 3.63) is 65.9 Å². The van der Waals surface area contributed by atoms with Gasteiger partial charge < -0.3 is 15.5 Å². The van der Waals surface area contributed by atoms with E-state index in [0.29, 0.717) is 13.2 Å². The lowest BCUT2D eigenvalue weighted by molar-refractivity contribution is 0.306. The average molecular weight is 266 g/mol. The Morgan fingerprint density at radius 1 is 1.05 bits per heavy atom. The van der Waals surface area contributed by atoms with Crippen LogP contribution in [0.1, 0.15) is 11.1 Å². The first-order valence-electron chi connectivity index (χ1n) is 6.83. The molecule has 20 heavy (non-hydrogen) atoms. The predicted octanol–water partition coefficient (Wildman–Crippen LogP) is 3.25. The zero-order valence-corrected chi connectivity index (χ0v) is 11.3. The topological polar surface area (TPSA) is 51.0 Å². The molecule has 0 bridgehead atoms. The van der Waals surface area contributed by atoms with Crippen LogP contribution in [0.3, 0.4) is 0 Å². The number of nitrogens with two attached hydrogens (primary N) is 1. The van der Waals surface area contributed by atoms with Crippen LogP contribution in [0.5, 0.6) is 5.75 Å². The fraction of sp³-hybridized carbons (Fsp3) is 0.176. The van der Waals surface area contributed by atoms with Crippen molar-refractivity contribution >= 4 is 10.9 Å². The summed E-state index contributed by atoms with van der Waals surface area (Å²) in [6.45, 7) is 1.25. The van der Waals surface area contributed by atoms with Gasteiger partial charge in [0.15, 0.2) is 0 Å². The van der Waals surface area contributed by atoms with E-state index in [9.17, 15) is 0 Å². The van der Waals surface area contributed by atoms with E-state index in [2.05, 4.69) is 23.2 Å². The van der Waals surface area contributed by atoms with Gasteiger partial charge in [-0.3, -0.25) is 0 Å². The average Bonchev–Trinajstić information content (AvgIpc) is 2.89. The second-order valence-corrected chi connectivity index (χ2v) is 4.83. The highest BCUT2D eigenvalue weighted by Crippen LogP contribution is 2.24. The summed E-state index contributed by atoms with van der Waals surface area (Å²) in [6, 6.07) is 16.3. The van der Waals surface area contributed by atoms with Crippen molar-refractivity contribution in [2.75, 3.05) is 6.54 Å². The summed E-state index contributed by atoms with van der Waals surface area (Å²) in [6.07, 6.45) is 2.92. The molecule has 2 aromatic carbocycles. The first-order chi connectivity index (χ1) is 9.86. The van der Waals surface area contributed by atoms with Crippen molar-refractivity contribution in [1.82, 2.24) is 4.98 Å². The molecule has 0 saturated heterocycles. The molecule has 3 aromatic rings. The molecular formula is C17H18N2O. The first kappa shape index (κ1) is 12.8. The minimum atomic E-state index is 0.586. The second kappa shape index (κ2) is 5.80. The molecule has 3 rings (SSSR count). The number of rotatable bonds is 5. The van der Waals surface area contributed by atoms with E-state index in [-0.39, 0.29) is 0 Å². The van der Waals surface area contributed by atoms with Gasteiger partial charge in [0, 0.05) is 23.2 Å². The van der Waals surface area contributed by atoms with Crippen molar-refractivity contribution in [3.63, 3.8) is 0 Å². The third kappa shape index (κ3) is 2.68. The van der Waals surface area contributed by atoms with E-state index in [1.165, 1.54) is 16.5 Å². The molecule has 3 nitrogen and oxygen atoms in total. The molecule has 0 fully saturated rings. The molecule has 1 heterocycles. The van der Waals surface area contributed by atoms with Crippen molar-refractivity contribution in [3.8, 4) is 5.75 Å². The van der Waals surface area contributed by atoms with Gasteiger partial charge in [-0.2, -0.15) is 0 Å². The molecule has 0 amide bonds. The third-order valence-electron chi connectivity index (χ3n) is 3.40. The second-order valence-electron chi connectivity index (χ2n) is 4.83. The van der Waals surface area contributed by atoms with Crippen LogP contribution in [-0.4, -0.2) is 11.5 Å². The summed E-state index contributed by atoms with van der Waals surface area (Å²) in [4.78, 5) is 3.28. The monoisotopic (exact) mass is 266 g/mol. The van der Waals surface area contributed by atoms with Crippen molar-refractivity contribution < 1.29 is 4.74 Å². The molecule has 102 valence electrons. The maximum Gasteiger partial charge on any atom is 0.121 e. The van der Waals surface area contributed by atoms with Crippen LogP contribution in [0, 0.1) is 0 Å². The highest BCUT2D eigenvalue weighted by atomic mass is 16.5. The molecule has 3 heteroatoms. The van der Waals surface area contributed by atoms with Crippen LogP contribution < -0.4 is 10.5 Å². The molecule has 0 saturated carbocycles. The van der Waals surface area contributed by atoms with Crippen LogP contribution in [0.25, 0.3) is 10.9 Å². The molecule has 0 radical (unpaired) electrons. The van der Waals surface area contributed by atoms with E-state index in [1.54, 1.807) is 0 Å². The van der Waals surface area contributed by atoms with Gasteiger partial charge in [0.1, 0.15) is 12.4 Å². The Bertz CT molecular complexity index is 689. The number of benzene rings is 2. The van der Waals surface area contributed by atoms with Gasteiger partial charge in [0.05, 0.1) is 0 Å². The number of hydrogen-bond acceptors (Lipinski definition) is 2. The highest BCUT2D eigenvalue weighted by molar-refractivity contribution is 5.84. The normalized spacial score (nSPS) is 10.8. The lowest BCUT2D eigenvalue weighted by Crippen LogP contribution is -2.01. The Kier molecular flexibility index (Phi) is 3.70. The Balaban J connectivity index is 1.76. The first-order valence-corrected chi connectivity index (χ1v) is 6.83. The summed E-state index contributed by atoms with van der Waals surface area (Å²) < 4.78 is 5.82. The fourth-order valence-electron chi connectivity index (χ4n) is 2.36. The summed E-state index contributed by atoms with van der Waals surface area (Å²) in [5.41, 5.74) is 9.14. The smallest absolute Gasteiger partial charge is 0.121 e. The zero-order valence-electron chi connectivity index (χ0n) is 11.3. The number of nitrogens with one attached hydrogen (secondary N) is 1. The summed E-state index contributed by atoms with van der Waals surface area (Å²) in [7, 11) is 0. The van der Waals surface area contributed by atoms with Gasteiger partial charge in [-0.05, 0) is 36.2 Å². The molecule has 0 aliphatic carbocycles. The van der Waals surface area contributed by atoms with Gasteiger partial charge in [-0.15, -0.1) is 0 Å². The molecule has 0 aliphatic heterocycles. The summed E-state index contributed by atoms with van der Waals surface area (Å²) >= 11 is 0. The fourth-order valence-corrected chi connectivity index (χ4v) is 2.36. The number of ether oxygens (including phenoxy) is 1. The SMILES string of the molecule is NCCc1c[nH]c2cc(OCc3ccccc3)ccc12. The number of aromatic nitrogens is 1. The van der Waals surface area contributed by atoms with Crippen LogP contribution >= 0.6 is 0 Å². The van der Waals surface area contributed by atoms with Gasteiger partial charge in [0.2, 0.25) is 0 Å². The molecule has 3 N–H and O–H groups in total. The van der Waals surface area contributed by atoms with E-state index in [0.717, 1.165) is 17.7 Å². The van der Waals surface area contributed by atoms with E-state index >= 15 is 0 Å². The molecule has 0 atom stereocenters. The number of H-pyrrole nitrogens is 1. The van der Waals surface area contributed by atoms with Gasteiger partial charge >= 0.3 is 0 Å². The number of aromatic amines is 1. The van der Waals surface area contributed by atoms with Crippen LogP contribution in [0.2, 0.25) is 0 Å². The Morgan fingerprint density at radius 2 is 1.90 bits per heavy atom. The van der Waals surface area contributed by atoms with Crippen LogP contribution in [0.15, 0.2) is 54.7 Å². The van der Waals surface area contributed by atoms with E-state index < -0.39 is 0 Å². The third-order valence-corrected chi connectivity index (χ3v) is 3.40. The Hall–Kier alpha value is -2.26. The number of fused-ring (bicyclic) bond motifs is 1. The number of hydrogen-bond donors (Lipinski definition) is 2. The maximum atomic E-state index is 5.82. The van der Waals surface area contributed by atoms with Crippen LogP contribution in [0.4, 0.5) is 0 Å². The quantitative estimate of drug-likeness (QED) is 0.744.